The van der Waals surface area contributed by atoms with Crippen LogP contribution in [0.2, 0.25) is 0 Å². The van der Waals surface area contributed by atoms with Crippen molar-refractivity contribution >= 4 is 5.69 Å². The van der Waals surface area contributed by atoms with Crippen LogP contribution in [0.5, 0.6) is 5.75 Å². The topological polar surface area (TPSA) is 32.3 Å². The van der Waals surface area contributed by atoms with Gasteiger partial charge < -0.3 is 10.4 Å². The number of rotatable bonds is 4. The molecule has 0 bridgehead atoms. The van der Waals surface area contributed by atoms with Crippen molar-refractivity contribution in [2.75, 3.05) is 11.9 Å². The number of phenols is 1. The third kappa shape index (κ3) is 2.83. The molecule has 0 amide bonds. The molecule has 2 N–H and O–H groups in total. The van der Waals surface area contributed by atoms with E-state index < -0.39 is 0 Å². The van der Waals surface area contributed by atoms with Crippen LogP contribution in [0, 0.1) is 13.8 Å². The fourth-order valence-electron chi connectivity index (χ4n) is 2.01. The van der Waals surface area contributed by atoms with Gasteiger partial charge in [0.15, 0.2) is 0 Å². The third-order valence-corrected chi connectivity index (χ3v) is 3.20. The quantitative estimate of drug-likeness (QED) is 0.856. The minimum absolute atomic E-state index is 0.389. The predicted octanol–water partition coefficient (Wildman–Crippen LogP) is 3.66. The first-order chi connectivity index (χ1) is 8.68. The van der Waals surface area contributed by atoms with Crippen LogP contribution in [0.15, 0.2) is 42.5 Å². The average molecular weight is 241 g/mol. The second kappa shape index (κ2) is 5.58. The van der Waals surface area contributed by atoms with Crippen LogP contribution < -0.4 is 5.32 Å². The lowest BCUT2D eigenvalue weighted by Gasteiger charge is -2.12. The van der Waals surface area contributed by atoms with Gasteiger partial charge in [-0.05, 0) is 37.5 Å². The van der Waals surface area contributed by atoms with Crippen molar-refractivity contribution in [3.8, 4) is 5.75 Å². The molecule has 0 radical (unpaired) electrons. The Hall–Kier alpha value is -1.96. The zero-order chi connectivity index (χ0) is 13.0. The summed E-state index contributed by atoms with van der Waals surface area (Å²) in [5, 5.41) is 13.2. The predicted molar refractivity (Wildman–Crippen MR) is 76.2 cm³/mol. The number of hydrogen-bond donors (Lipinski definition) is 2. The number of anilines is 1. The van der Waals surface area contributed by atoms with Gasteiger partial charge in [0.1, 0.15) is 5.75 Å². The molecule has 0 aliphatic heterocycles. The van der Waals surface area contributed by atoms with E-state index in [9.17, 15) is 5.11 Å². The SMILES string of the molecule is Cc1ccc(NCCc2ccccc2)c(C)c1O. The van der Waals surface area contributed by atoms with Gasteiger partial charge in [-0.15, -0.1) is 0 Å². The van der Waals surface area contributed by atoms with Gasteiger partial charge in [0, 0.05) is 17.8 Å². The molecule has 2 nitrogen and oxygen atoms in total. The molecule has 2 rings (SSSR count). The fourth-order valence-corrected chi connectivity index (χ4v) is 2.01. The normalized spacial score (nSPS) is 10.3. The maximum Gasteiger partial charge on any atom is 0.123 e. The van der Waals surface area contributed by atoms with Gasteiger partial charge in [-0.1, -0.05) is 36.4 Å². The first kappa shape index (κ1) is 12.5. The van der Waals surface area contributed by atoms with Crippen molar-refractivity contribution in [2.45, 2.75) is 20.3 Å². The molecule has 0 fully saturated rings. The van der Waals surface area contributed by atoms with Crippen LogP contribution in [0.1, 0.15) is 16.7 Å². The lowest BCUT2D eigenvalue weighted by Crippen LogP contribution is -2.06. The molecule has 0 unspecified atom stereocenters. The molecule has 2 aromatic rings. The summed E-state index contributed by atoms with van der Waals surface area (Å²) in [6.07, 6.45) is 0.981. The lowest BCUT2D eigenvalue weighted by molar-refractivity contribution is 0.467. The van der Waals surface area contributed by atoms with E-state index in [1.54, 1.807) is 0 Å². The molecule has 18 heavy (non-hydrogen) atoms. The number of benzene rings is 2. The Morgan fingerprint density at radius 2 is 1.72 bits per heavy atom. The number of nitrogens with one attached hydrogen (secondary N) is 1. The molecule has 0 heterocycles. The van der Waals surface area contributed by atoms with Crippen molar-refractivity contribution in [3.63, 3.8) is 0 Å². The van der Waals surface area contributed by atoms with Crippen LogP contribution >= 0.6 is 0 Å². The molecule has 0 aliphatic carbocycles. The van der Waals surface area contributed by atoms with Gasteiger partial charge in [0.05, 0.1) is 0 Å². The lowest BCUT2D eigenvalue weighted by atomic mass is 10.1. The number of aryl methyl sites for hydroxylation is 1. The largest absolute Gasteiger partial charge is 0.507 e. The van der Waals surface area contributed by atoms with Crippen LogP contribution in [0.25, 0.3) is 0 Å². The highest BCUT2D eigenvalue weighted by molar-refractivity contribution is 5.59. The van der Waals surface area contributed by atoms with Gasteiger partial charge in [-0.25, -0.2) is 0 Å². The van der Waals surface area contributed by atoms with E-state index >= 15 is 0 Å². The summed E-state index contributed by atoms with van der Waals surface area (Å²) in [6, 6.07) is 14.3. The first-order valence-electron chi connectivity index (χ1n) is 6.25. The van der Waals surface area contributed by atoms with E-state index in [1.165, 1.54) is 5.56 Å². The summed E-state index contributed by atoms with van der Waals surface area (Å²) in [6.45, 7) is 4.72. The zero-order valence-electron chi connectivity index (χ0n) is 10.9. The molecule has 0 atom stereocenters. The maximum absolute atomic E-state index is 9.86. The summed E-state index contributed by atoms with van der Waals surface area (Å²) < 4.78 is 0. The molecule has 0 saturated heterocycles. The molecular weight excluding hydrogens is 222 g/mol. The van der Waals surface area contributed by atoms with E-state index in [1.807, 2.05) is 32.0 Å². The highest BCUT2D eigenvalue weighted by Crippen LogP contribution is 2.27. The molecular formula is C16H19NO. The van der Waals surface area contributed by atoms with E-state index in [0.717, 1.165) is 29.8 Å². The summed E-state index contributed by atoms with van der Waals surface area (Å²) in [4.78, 5) is 0. The van der Waals surface area contributed by atoms with Crippen molar-refractivity contribution in [1.29, 1.82) is 0 Å². The van der Waals surface area contributed by atoms with E-state index in [0.29, 0.717) is 5.75 Å². The van der Waals surface area contributed by atoms with Crippen molar-refractivity contribution in [2.24, 2.45) is 0 Å². The highest BCUT2D eigenvalue weighted by atomic mass is 16.3. The Bertz CT molecular complexity index is 520. The minimum atomic E-state index is 0.389. The number of hydrogen-bond acceptors (Lipinski definition) is 2. The summed E-state index contributed by atoms with van der Waals surface area (Å²) >= 11 is 0. The zero-order valence-corrected chi connectivity index (χ0v) is 10.9. The second-order valence-electron chi connectivity index (χ2n) is 4.57. The standard InChI is InChI=1S/C16H19NO/c1-12-8-9-15(13(2)16(12)18)17-11-10-14-6-4-3-5-7-14/h3-9,17-18H,10-11H2,1-2H3. The van der Waals surface area contributed by atoms with Gasteiger partial charge >= 0.3 is 0 Å². The Morgan fingerprint density at radius 3 is 2.44 bits per heavy atom. The minimum Gasteiger partial charge on any atom is -0.507 e. The monoisotopic (exact) mass is 241 g/mol. The van der Waals surface area contributed by atoms with Gasteiger partial charge in [-0.2, -0.15) is 0 Å². The van der Waals surface area contributed by atoms with Crippen LogP contribution in [0.4, 0.5) is 5.69 Å². The second-order valence-corrected chi connectivity index (χ2v) is 4.57. The van der Waals surface area contributed by atoms with Crippen molar-refractivity contribution in [1.82, 2.24) is 0 Å². The van der Waals surface area contributed by atoms with E-state index in [2.05, 4.69) is 29.6 Å². The van der Waals surface area contributed by atoms with Crippen LogP contribution in [-0.2, 0) is 6.42 Å². The molecule has 2 heteroatoms. The fraction of sp³-hybridized carbons (Fsp3) is 0.250. The van der Waals surface area contributed by atoms with Crippen molar-refractivity contribution in [3.05, 3.63) is 59.2 Å². The maximum atomic E-state index is 9.86. The summed E-state index contributed by atoms with van der Waals surface area (Å²) in [5.74, 6) is 0.389. The smallest absolute Gasteiger partial charge is 0.123 e. The van der Waals surface area contributed by atoms with Gasteiger partial charge in [-0.3, -0.25) is 0 Å². The average Bonchev–Trinajstić information content (AvgIpc) is 2.40. The molecule has 2 aromatic carbocycles. The van der Waals surface area contributed by atoms with Gasteiger partial charge in [0.2, 0.25) is 0 Å². The van der Waals surface area contributed by atoms with Gasteiger partial charge in [0.25, 0.3) is 0 Å². The number of phenolic OH excluding ortho intramolecular Hbond substituents is 1. The van der Waals surface area contributed by atoms with Crippen molar-refractivity contribution < 1.29 is 5.11 Å². The van der Waals surface area contributed by atoms with E-state index in [4.69, 9.17) is 0 Å². The van der Waals surface area contributed by atoms with E-state index in [-0.39, 0.29) is 0 Å². The summed E-state index contributed by atoms with van der Waals surface area (Å²) in [7, 11) is 0. The first-order valence-corrected chi connectivity index (χ1v) is 6.25. The van der Waals surface area contributed by atoms with Crippen LogP contribution in [-0.4, -0.2) is 11.7 Å². The molecule has 0 spiro atoms. The Labute approximate surface area is 108 Å². The number of aromatic hydroxyl groups is 1. The molecule has 94 valence electrons. The molecule has 0 aromatic heterocycles. The molecule has 0 aliphatic rings. The Balaban J connectivity index is 1.97. The third-order valence-electron chi connectivity index (χ3n) is 3.20. The van der Waals surface area contributed by atoms with Crippen LogP contribution in [0.3, 0.4) is 0 Å². The Kier molecular flexibility index (Phi) is 3.88. The Morgan fingerprint density at radius 1 is 1.00 bits per heavy atom. The summed E-state index contributed by atoms with van der Waals surface area (Å²) in [5.41, 5.74) is 4.16. The highest BCUT2D eigenvalue weighted by Gasteiger charge is 2.05. The molecule has 0 saturated carbocycles.